The molecule has 0 aliphatic carbocycles. The highest BCUT2D eigenvalue weighted by Crippen LogP contribution is 2.13. The van der Waals surface area contributed by atoms with Gasteiger partial charge in [-0.05, 0) is 36.2 Å². The van der Waals surface area contributed by atoms with E-state index in [1.54, 1.807) is 10.7 Å². The second-order valence-corrected chi connectivity index (χ2v) is 4.86. The number of para-hydroxylation sites is 1. The van der Waals surface area contributed by atoms with Crippen molar-refractivity contribution in [3.05, 3.63) is 83.7 Å². The lowest BCUT2D eigenvalue weighted by Crippen LogP contribution is -2.04. The molecule has 0 aliphatic rings. The highest BCUT2D eigenvalue weighted by molar-refractivity contribution is 6.07. The fourth-order valence-electron chi connectivity index (χ4n) is 2.25. The highest BCUT2D eigenvalue weighted by atomic mass is 16.1. The molecule has 104 valence electrons. The van der Waals surface area contributed by atoms with Gasteiger partial charge in [0.05, 0.1) is 5.69 Å². The minimum absolute atomic E-state index is 0.0417. The number of aryl methyl sites for hydroxylation is 1. The zero-order chi connectivity index (χ0) is 14.7. The van der Waals surface area contributed by atoms with E-state index in [-0.39, 0.29) is 5.78 Å². The van der Waals surface area contributed by atoms with Crippen molar-refractivity contribution in [3.63, 3.8) is 0 Å². The van der Waals surface area contributed by atoms with Crippen LogP contribution in [-0.2, 0) is 6.42 Å². The molecule has 1 heterocycles. The Balaban J connectivity index is 1.91. The Hall–Kier alpha value is -2.68. The van der Waals surface area contributed by atoms with Gasteiger partial charge < -0.3 is 0 Å². The standard InChI is InChI=1S/C18H16N2O/c1-2-14-7-6-8-15(13-14)18(21)17-11-12-20(19-17)16-9-4-3-5-10-16/h3-13H,2H2,1H3. The van der Waals surface area contributed by atoms with Gasteiger partial charge in [0, 0.05) is 11.8 Å². The molecule has 3 heteroatoms. The molecule has 0 bridgehead atoms. The van der Waals surface area contributed by atoms with Crippen LogP contribution in [-0.4, -0.2) is 15.6 Å². The number of hydrogen-bond donors (Lipinski definition) is 0. The lowest BCUT2D eigenvalue weighted by Gasteiger charge is -2.02. The molecule has 0 saturated heterocycles. The lowest BCUT2D eigenvalue weighted by molar-refractivity contribution is 0.103. The van der Waals surface area contributed by atoms with Crippen molar-refractivity contribution < 1.29 is 4.79 Å². The van der Waals surface area contributed by atoms with Crippen LogP contribution in [0.2, 0.25) is 0 Å². The second kappa shape index (κ2) is 5.75. The summed E-state index contributed by atoms with van der Waals surface area (Å²) >= 11 is 0. The number of aromatic nitrogens is 2. The predicted molar refractivity (Wildman–Crippen MR) is 82.8 cm³/mol. The normalized spacial score (nSPS) is 10.5. The van der Waals surface area contributed by atoms with E-state index in [2.05, 4.69) is 12.0 Å². The maximum atomic E-state index is 12.5. The number of ketones is 1. The zero-order valence-electron chi connectivity index (χ0n) is 11.9. The van der Waals surface area contributed by atoms with E-state index in [1.807, 2.05) is 60.8 Å². The number of hydrogen-bond acceptors (Lipinski definition) is 2. The molecular weight excluding hydrogens is 260 g/mol. The number of carbonyl (C=O) groups excluding carboxylic acids is 1. The first-order chi connectivity index (χ1) is 10.3. The third kappa shape index (κ3) is 2.77. The first-order valence-corrected chi connectivity index (χ1v) is 7.02. The Labute approximate surface area is 123 Å². The first kappa shape index (κ1) is 13.3. The average molecular weight is 276 g/mol. The third-order valence-electron chi connectivity index (χ3n) is 3.44. The smallest absolute Gasteiger partial charge is 0.213 e. The molecule has 3 aromatic rings. The summed E-state index contributed by atoms with van der Waals surface area (Å²) < 4.78 is 1.72. The molecule has 0 radical (unpaired) electrons. The number of nitrogens with zero attached hydrogens (tertiary/aromatic N) is 2. The minimum atomic E-state index is -0.0417. The van der Waals surface area contributed by atoms with Crippen LogP contribution < -0.4 is 0 Å². The van der Waals surface area contributed by atoms with Gasteiger partial charge in [-0.15, -0.1) is 0 Å². The van der Waals surface area contributed by atoms with Gasteiger partial charge in [-0.3, -0.25) is 4.79 Å². The summed E-state index contributed by atoms with van der Waals surface area (Å²) in [4.78, 5) is 12.5. The molecule has 2 aromatic carbocycles. The topological polar surface area (TPSA) is 34.9 Å². The summed E-state index contributed by atoms with van der Waals surface area (Å²) in [5.41, 5.74) is 3.25. The van der Waals surface area contributed by atoms with E-state index in [9.17, 15) is 4.79 Å². The predicted octanol–water partition coefficient (Wildman–Crippen LogP) is 3.67. The van der Waals surface area contributed by atoms with Gasteiger partial charge in [0.25, 0.3) is 0 Å². The average Bonchev–Trinajstić information content (AvgIpc) is 3.05. The van der Waals surface area contributed by atoms with E-state index in [0.29, 0.717) is 11.3 Å². The van der Waals surface area contributed by atoms with Crippen molar-refractivity contribution in [3.8, 4) is 5.69 Å². The van der Waals surface area contributed by atoms with Gasteiger partial charge in [-0.2, -0.15) is 5.10 Å². The summed E-state index contributed by atoms with van der Waals surface area (Å²) in [6.45, 7) is 2.08. The summed E-state index contributed by atoms with van der Waals surface area (Å²) in [7, 11) is 0. The van der Waals surface area contributed by atoms with Crippen LogP contribution >= 0.6 is 0 Å². The van der Waals surface area contributed by atoms with Crippen LogP contribution in [0.1, 0.15) is 28.5 Å². The summed E-state index contributed by atoms with van der Waals surface area (Å²) in [5, 5.41) is 4.38. The molecule has 0 aliphatic heterocycles. The van der Waals surface area contributed by atoms with Crippen molar-refractivity contribution in [2.45, 2.75) is 13.3 Å². The largest absolute Gasteiger partial charge is 0.287 e. The SMILES string of the molecule is CCc1cccc(C(=O)c2ccn(-c3ccccc3)n2)c1. The van der Waals surface area contributed by atoms with E-state index in [4.69, 9.17) is 0 Å². The summed E-state index contributed by atoms with van der Waals surface area (Å²) in [5.74, 6) is -0.0417. The van der Waals surface area contributed by atoms with E-state index in [0.717, 1.165) is 17.7 Å². The maximum Gasteiger partial charge on any atom is 0.213 e. The molecule has 0 N–H and O–H groups in total. The van der Waals surface area contributed by atoms with Crippen LogP contribution in [0, 0.1) is 0 Å². The van der Waals surface area contributed by atoms with Crippen LogP contribution in [0.15, 0.2) is 66.9 Å². The molecule has 1 aromatic heterocycles. The van der Waals surface area contributed by atoms with Crippen LogP contribution in [0.5, 0.6) is 0 Å². The van der Waals surface area contributed by atoms with Crippen LogP contribution in [0.25, 0.3) is 5.69 Å². The van der Waals surface area contributed by atoms with Crippen molar-refractivity contribution in [1.29, 1.82) is 0 Å². The fraction of sp³-hybridized carbons (Fsp3) is 0.111. The maximum absolute atomic E-state index is 12.5. The van der Waals surface area contributed by atoms with Crippen molar-refractivity contribution in [2.75, 3.05) is 0 Å². The second-order valence-electron chi connectivity index (χ2n) is 4.86. The van der Waals surface area contributed by atoms with E-state index in [1.165, 1.54) is 0 Å². The molecule has 0 atom stereocenters. The lowest BCUT2D eigenvalue weighted by atomic mass is 10.0. The van der Waals surface area contributed by atoms with Crippen molar-refractivity contribution in [2.24, 2.45) is 0 Å². The van der Waals surface area contributed by atoms with Crippen molar-refractivity contribution in [1.82, 2.24) is 9.78 Å². The van der Waals surface area contributed by atoms with Crippen molar-refractivity contribution >= 4 is 5.78 Å². The number of benzene rings is 2. The number of rotatable bonds is 4. The molecule has 0 unspecified atom stereocenters. The monoisotopic (exact) mass is 276 g/mol. The van der Waals surface area contributed by atoms with Gasteiger partial charge in [0.15, 0.2) is 0 Å². The molecule has 0 fully saturated rings. The van der Waals surface area contributed by atoms with Gasteiger partial charge in [-0.1, -0.05) is 43.3 Å². The molecular formula is C18H16N2O. The Morgan fingerprint density at radius 3 is 2.62 bits per heavy atom. The Kier molecular flexibility index (Phi) is 3.65. The number of carbonyl (C=O) groups is 1. The van der Waals surface area contributed by atoms with Gasteiger partial charge in [-0.25, -0.2) is 4.68 Å². The van der Waals surface area contributed by atoms with Gasteiger partial charge in [0.2, 0.25) is 5.78 Å². The quantitative estimate of drug-likeness (QED) is 0.681. The molecule has 0 amide bonds. The van der Waals surface area contributed by atoms with Crippen LogP contribution in [0.3, 0.4) is 0 Å². The summed E-state index contributed by atoms with van der Waals surface area (Å²) in [6, 6.07) is 19.2. The molecule has 0 spiro atoms. The van der Waals surface area contributed by atoms with E-state index >= 15 is 0 Å². The summed E-state index contributed by atoms with van der Waals surface area (Å²) in [6.07, 6.45) is 2.73. The van der Waals surface area contributed by atoms with Crippen LogP contribution in [0.4, 0.5) is 0 Å². The first-order valence-electron chi connectivity index (χ1n) is 7.02. The highest BCUT2D eigenvalue weighted by Gasteiger charge is 2.13. The van der Waals surface area contributed by atoms with Gasteiger partial charge >= 0.3 is 0 Å². The fourth-order valence-corrected chi connectivity index (χ4v) is 2.25. The Morgan fingerprint density at radius 1 is 1.05 bits per heavy atom. The molecule has 21 heavy (non-hydrogen) atoms. The molecule has 0 saturated carbocycles. The molecule has 3 nitrogen and oxygen atoms in total. The Bertz CT molecular complexity index is 760. The minimum Gasteiger partial charge on any atom is -0.287 e. The molecule has 3 rings (SSSR count). The zero-order valence-corrected chi connectivity index (χ0v) is 11.9. The Morgan fingerprint density at radius 2 is 1.86 bits per heavy atom. The third-order valence-corrected chi connectivity index (χ3v) is 3.44. The van der Waals surface area contributed by atoms with Gasteiger partial charge in [0.1, 0.15) is 5.69 Å². The van der Waals surface area contributed by atoms with E-state index < -0.39 is 0 Å².